The van der Waals surface area contributed by atoms with Crippen molar-refractivity contribution in [3.63, 3.8) is 0 Å². The smallest absolute Gasteiger partial charge is 0.230 e. The highest BCUT2D eigenvalue weighted by Gasteiger charge is 2.09. The third-order valence-corrected chi connectivity index (χ3v) is 2.72. The fourth-order valence-corrected chi connectivity index (χ4v) is 1.59. The van der Waals surface area contributed by atoms with Gasteiger partial charge in [-0.05, 0) is 47.1 Å². The average Bonchev–Trinajstić information content (AvgIpc) is 2.60. The van der Waals surface area contributed by atoms with Gasteiger partial charge in [-0.2, -0.15) is 9.49 Å². The number of carbonyl (C=O) groups excluding carboxylic acids is 1. The number of benzene rings is 1. The highest BCUT2D eigenvalue weighted by atomic mass is 79.9. The molecular formula is C11H8BrFN2O. The second kappa shape index (κ2) is 4.17. The first-order valence-corrected chi connectivity index (χ1v) is 5.39. The van der Waals surface area contributed by atoms with Crippen LogP contribution in [0.25, 0.3) is 5.69 Å². The molecule has 2 aromatic rings. The number of rotatable bonds is 2. The van der Waals surface area contributed by atoms with Crippen LogP contribution in [-0.2, 0) is 0 Å². The number of hydrogen-bond acceptors (Lipinski definition) is 2. The minimum Gasteiger partial charge on any atom is -0.295 e. The van der Waals surface area contributed by atoms with Gasteiger partial charge in [0.25, 0.3) is 0 Å². The Morgan fingerprint density at radius 3 is 2.44 bits per heavy atom. The number of carbonyl (C=O) groups is 1. The van der Waals surface area contributed by atoms with E-state index in [9.17, 15) is 9.18 Å². The molecule has 0 aliphatic rings. The van der Waals surface area contributed by atoms with E-state index in [0.29, 0.717) is 15.7 Å². The molecule has 5 heteroatoms. The minimum atomic E-state index is -0.462. The number of halogens is 2. The van der Waals surface area contributed by atoms with Crippen molar-refractivity contribution in [3.8, 4) is 5.69 Å². The Morgan fingerprint density at radius 1 is 1.38 bits per heavy atom. The largest absolute Gasteiger partial charge is 0.295 e. The molecule has 3 nitrogen and oxygen atoms in total. The topological polar surface area (TPSA) is 34.9 Å². The SMILES string of the molecule is CC(=O)c1ccc(-n2ncc(Br)c2F)cc1. The van der Waals surface area contributed by atoms with Crippen molar-refractivity contribution in [2.45, 2.75) is 6.92 Å². The first kappa shape index (κ1) is 11.0. The van der Waals surface area contributed by atoms with E-state index in [-0.39, 0.29) is 5.78 Å². The van der Waals surface area contributed by atoms with Crippen LogP contribution in [0.4, 0.5) is 4.39 Å². The molecule has 1 aromatic carbocycles. The highest BCUT2D eigenvalue weighted by molar-refractivity contribution is 9.10. The molecule has 0 bridgehead atoms. The summed E-state index contributed by atoms with van der Waals surface area (Å²) in [6.07, 6.45) is 1.38. The van der Waals surface area contributed by atoms with E-state index in [2.05, 4.69) is 21.0 Å². The van der Waals surface area contributed by atoms with Gasteiger partial charge in [0.05, 0.1) is 16.4 Å². The molecule has 0 N–H and O–H groups in total. The van der Waals surface area contributed by atoms with Crippen LogP contribution in [0.15, 0.2) is 34.9 Å². The van der Waals surface area contributed by atoms with Gasteiger partial charge in [-0.15, -0.1) is 0 Å². The molecule has 0 saturated heterocycles. The zero-order valence-corrected chi connectivity index (χ0v) is 10.0. The molecule has 16 heavy (non-hydrogen) atoms. The predicted molar refractivity (Wildman–Crippen MR) is 61.2 cm³/mol. The van der Waals surface area contributed by atoms with Gasteiger partial charge >= 0.3 is 0 Å². The van der Waals surface area contributed by atoms with Gasteiger partial charge < -0.3 is 0 Å². The molecule has 0 aliphatic carbocycles. The summed E-state index contributed by atoms with van der Waals surface area (Å²) in [5.41, 5.74) is 1.17. The standard InChI is InChI=1S/C11H8BrFN2O/c1-7(16)8-2-4-9(5-3-8)15-11(13)10(12)6-14-15/h2-6H,1H3. The lowest BCUT2D eigenvalue weighted by Crippen LogP contribution is -2.00. The van der Waals surface area contributed by atoms with Crippen molar-refractivity contribution in [2.75, 3.05) is 0 Å². The number of ketones is 1. The lowest BCUT2D eigenvalue weighted by atomic mass is 10.1. The van der Waals surface area contributed by atoms with E-state index in [0.717, 1.165) is 4.68 Å². The summed E-state index contributed by atoms with van der Waals surface area (Å²) in [5.74, 6) is -0.482. The van der Waals surface area contributed by atoms with E-state index < -0.39 is 5.95 Å². The molecule has 0 unspecified atom stereocenters. The maximum Gasteiger partial charge on any atom is 0.230 e. The summed E-state index contributed by atoms with van der Waals surface area (Å²) in [7, 11) is 0. The average molecular weight is 283 g/mol. The normalized spacial score (nSPS) is 10.4. The maximum absolute atomic E-state index is 13.5. The molecule has 1 heterocycles. The van der Waals surface area contributed by atoms with E-state index in [1.54, 1.807) is 24.3 Å². The van der Waals surface area contributed by atoms with Crippen LogP contribution in [0, 0.1) is 5.95 Å². The van der Waals surface area contributed by atoms with Crippen LogP contribution in [0.2, 0.25) is 0 Å². The zero-order valence-electron chi connectivity index (χ0n) is 8.45. The van der Waals surface area contributed by atoms with Crippen molar-refractivity contribution in [1.29, 1.82) is 0 Å². The Bertz CT molecular complexity index is 533. The van der Waals surface area contributed by atoms with Crippen LogP contribution < -0.4 is 0 Å². The molecule has 0 fully saturated rings. The van der Waals surface area contributed by atoms with E-state index in [4.69, 9.17) is 0 Å². The third-order valence-electron chi connectivity index (χ3n) is 2.19. The Kier molecular flexibility index (Phi) is 2.87. The summed E-state index contributed by atoms with van der Waals surface area (Å²) in [6.45, 7) is 1.49. The van der Waals surface area contributed by atoms with Gasteiger partial charge in [-0.3, -0.25) is 4.79 Å². The summed E-state index contributed by atoms with van der Waals surface area (Å²) in [6, 6.07) is 6.60. The van der Waals surface area contributed by atoms with Gasteiger partial charge in [0, 0.05) is 5.56 Å². The first-order valence-electron chi connectivity index (χ1n) is 4.60. The molecule has 0 spiro atoms. The molecule has 0 radical (unpaired) electrons. The molecule has 0 aliphatic heterocycles. The quantitative estimate of drug-likeness (QED) is 0.794. The molecule has 2 rings (SSSR count). The Labute approximate surface area is 100 Å². The summed E-state index contributed by atoms with van der Waals surface area (Å²) in [4.78, 5) is 11.1. The molecule has 1 aromatic heterocycles. The third kappa shape index (κ3) is 1.90. The summed E-state index contributed by atoms with van der Waals surface area (Å²) in [5, 5.41) is 3.87. The van der Waals surface area contributed by atoms with Crippen LogP contribution >= 0.6 is 15.9 Å². The van der Waals surface area contributed by atoms with E-state index in [1.807, 2.05) is 0 Å². The minimum absolute atomic E-state index is 0.0198. The maximum atomic E-state index is 13.5. The molecule has 0 atom stereocenters. The van der Waals surface area contributed by atoms with Gasteiger partial charge in [0.2, 0.25) is 5.95 Å². The number of Topliss-reactive ketones (excluding diaryl/α,β-unsaturated/α-hetero) is 1. The Balaban J connectivity index is 2.42. The summed E-state index contributed by atoms with van der Waals surface area (Å²) >= 11 is 3.04. The lowest BCUT2D eigenvalue weighted by molar-refractivity contribution is 0.101. The van der Waals surface area contributed by atoms with E-state index >= 15 is 0 Å². The number of hydrogen-bond donors (Lipinski definition) is 0. The van der Waals surface area contributed by atoms with Crippen molar-refractivity contribution in [2.24, 2.45) is 0 Å². The van der Waals surface area contributed by atoms with Crippen molar-refractivity contribution < 1.29 is 9.18 Å². The fraction of sp³-hybridized carbons (Fsp3) is 0.0909. The number of aromatic nitrogens is 2. The Morgan fingerprint density at radius 2 is 2.00 bits per heavy atom. The molecule has 0 saturated carbocycles. The summed E-state index contributed by atoms with van der Waals surface area (Å²) < 4.78 is 15.0. The number of nitrogens with zero attached hydrogens (tertiary/aromatic N) is 2. The van der Waals surface area contributed by atoms with Crippen LogP contribution in [0.3, 0.4) is 0 Å². The molecular weight excluding hydrogens is 275 g/mol. The Hall–Kier alpha value is -1.49. The van der Waals surface area contributed by atoms with Crippen molar-refractivity contribution in [1.82, 2.24) is 9.78 Å². The highest BCUT2D eigenvalue weighted by Crippen LogP contribution is 2.18. The second-order valence-electron chi connectivity index (χ2n) is 3.30. The second-order valence-corrected chi connectivity index (χ2v) is 4.15. The van der Waals surface area contributed by atoms with Crippen LogP contribution in [-0.4, -0.2) is 15.6 Å². The van der Waals surface area contributed by atoms with Gasteiger partial charge in [0.1, 0.15) is 0 Å². The van der Waals surface area contributed by atoms with E-state index in [1.165, 1.54) is 13.1 Å². The molecule has 0 amide bonds. The van der Waals surface area contributed by atoms with Gasteiger partial charge in [0.15, 0.2) is 5.78 Å². The van der Waals surface area contributed by atoms with Crippen molar-refractivity contribution >= 4 is 21.7 Å². The van der Waals surface area contributed by atoms with Gasteiger partial charge in [-0.1, -0.05) is 0 Å². The van der Waals surface area contributed by atoms with Gasteiger partial charge in [-0.25, -0.2) is 4.68 Å². The lowest BCUT2D eigenvalue weighted by Gasteiger charge is -2.02. The monoisotopic (exact) mass is 282 g/mol. The zero-order chi connectivity index (χ0) is 11.7. The first-order chi connectivity index (χ1) is 7.59. The molecule has 82 valence electrons. The van der Waals surface area contributed by atoms with Crippen LogP contribution in [0.1, 0.15) is 17.3 Å². The fourth-order valence-electron chi connectivity index (χ4n) is 1.33. The predicted octanol–water partition coefficient (Wildman–Crippen LogP) is 2.98. The van der Waals surface area contributed by atoms with Crippen LogP contribution in [0.5, 0.6) is 0 Å². The van der Waals surface area contributed by atoms with Crippen molar-refractivity contribution in [3.05, 3.63) is 46.4 Å².